The van der Waals surface area contributed by atoms with Crippen LogP contribution in [0.3, 0.4) is 0 Å². The van der Waals surface area contributed by atoms with Gasteiger partial charge >= 0.3 is 0 Å². The van der Waals surface area contributed by atoms with Crippen molar-refractivity contribution in [2.45, 2.75) is 45.1 Å². The first-order valence-corrected chi connectivity index (χ1v) is 8.06. The highest BCUT2D eigenvalue weighted by atomic mass is 79.9. The van der Waals surface area contributed by atoms with Crippen molar-refractivity contribution < 1.29 is 4.79 Å². The van der Waals surface area contributed by atoms with Crippen LogP contribution in [0.5, 0.6) is 0 Å². The molecule has 1 aliphatic carbocycles. The predicted molar refractivity (Wildman–Crippen MR) is 82.3 cm³/mol. The third-order valence-corrected chi connectivity index (χ3v) is 5.44. The van der Waals surface area contributed by atoms with Crippen molar-refractivity contribution in [1.29, 1.82) is 0 Å². The molecule has 3 heteroatoms. The fourth-order valence-electron chi connectivity index (χ4n) is 2.77. The highest BCUT2D eigenvalue weighted by Crippen LogP contribution is 2.38. The van der Waals surface area contributed by atoms with Gasteiger partial charge in [0.2, 0.25) is 5.91 Å². The minimum absolute atomic E-state index is 0.182. The van der Waals surface area contributed by atoms with Gasteiger partial charge in [0.05, 0.1) is 5.54 Å². The van der Waals surface area contributed by atoms with Crippen molar-refractivity contribution in [3.05, 3.63) is 35.9 Å². The third-order valence-electron chi connectivity index (χ3n) is 4.32. The molecule has 0 aromatic heterocycles. The number of amides is 1. The largest absolute Gasteiger partial charge is 0.346 e. The number of hydrogen-bond acceptors (Lipinski definition) is 1. The monoisotopic (exact) mass is 323 g/mol. The highest BCUT2D eigenvalue weighted by Gasteiger charge is 2.39. The van der Waals surface area contributed by atoms with Crippen LogP contribution in [0.1, 0.15) is 45.1 Å². The zero-order valence-corrected chi connectivity index (χ0v) is 13.3. The van der Waals surface area contributed by atoms with Crippen LogP contribution in [-0.2, 0) is 10.3 Å². The molecular weight excluding hydrogens is 302 g/mol. The minimum atomic E-state index is -0.343. The summed E-state index contributed by atoms with van der Waals surface area (Å²) in [5.41, 5.74) is 0.615. The number of hydrogen-bond donors (Lipinski definition) is 1. The van der Waals surface area contributed by atoms with E-state index in [4.69, 9.17) is 0 Å². The smallest absolute Gasteiger partial charge is 0.226 e. The van der Waals surface area contributed by atoms with Crippen LogP contribution in [0.4, 0.5) is 0 Å². The van der Waals surface area contributed by atoms with Gasteiger partial charge in [-0.3, -0.25) is 4.79 Å². The van der Waals surface area contributed by atoms with Crippen LogP contribution in [0.25, 0.3) is 0 Å². The Morgan fingerprint density at radius 1 is 1.32 bits per heavy atom. The maximum Gasteiger partial charge on any atom is 0.226 e. The molecule has 1 fully saturated rings. The normalized spacial score (nSPS) is 20.8. The van der Waals surface area contributed by atoms with Gasteiger partial charge in [-0.1, -0.05) is 66.0 Å². The minimum Gasteiger partial charge on any atom is -0.346 e. The topological polar surface area (TPSA) is 29.1 Å². The van der Waals surface area contributed by atoms with E-state index in [-0.39, 0.29) is 16.9 Å². The summed E-state index contributed by atoms with van der Waals surface area (Å²) < 4.78 is 0. The summed E-state index contributed by atoms with van der Waals surface area (Å²) in [4.78, 5) is 12.6. The maximum absolute atomic E-state index is 12.6. The summed E-state index contributed by atoms with van der Waals surface area (Å²) >= 11 is 3.55. The lowest BCUT2D eigenvalue weighted by Crippen LogP contribution is -2.50. The van der Waals surface area contributed by atoms with E-state index in [0.717, 1.165) is 18.4 Å². The van der Waals surface area contributed by atoms with Gasteiger partial charge in [0.25, 0.3) is 0 Å². The molecule has 104 valence electrons. The first-order chi connectivity index (χ1) is 9.00. The van der Waals surface area contributed by atoms with Crippen LogP contribution in [0.2, 0.25) is 0 Å². The molecule has 0 aliphatic heterocycles. The number of benzene rings is 1. The number of carbonyl (C=O) groups excluding carboxylic acids is 1. The predicted octanol–water partition coefficient (Wildman–Crippen LogP) is 3.99. The molecule has 1 amide bonds. The molecule has 1 aromatic carbocycles. The molecule has 2 nitrogen and oxygen atoms in total. The van der Waals surface area contributed by atoms with E-state index in [2.05, 4.69) is 47.2 Å². The number of carbonyl (C=O) groups is 1. The first-order valence-electron chi connectivity index (χ1n) is 6.94. The zero-order chi connectivity index (χ0) is 13.9. The quantitative estimate of drug-likeness (QED) is 0.834. The summed E-state index contributed by atoms with van der Waals surface area (Å²) in [6.45, 7) is 4.17. The molecule has 1 saturated carbocycles. The molecule has 1 aromatic rings. The lowest BCUT2D eigenvalue weighted by Gasteiger charge is -2.34. The molecule has 0 radical (unpaired) electrons. The molecule has 1 unspecified atom stereocenters. The fraction of sp³-hybridized carbons (Fsp3) is 0.562. The molecular formula is C16H22BrNO. The Labute approximate surface area is 124 Å². The van der Waals surface area contributed by atoms with Crippen LogP contribution < -0.4 is 5.32 Å². The van der Waals surface area contributed by atoms with Crippen molar-refractivity contribution in [1.82, 2.24) is 5.32 Å². The SMILES string of the molecule is CC1(C(=O)NC(C)(CBr)c2ccccc2)CCCC1. The van der Waals surface area contributed by atoms with Gasteiger partial charge in [-0.2, -0.15) is 0 Å². The zero-order valence-electron chi connectivity index (χ0n) is 11.7. The molecule has 0 spiro atoms. The van der Waals surface area contributed by atoms with Gasteiger partial charge < -0.3 is 5.32 Å². The number of alkyl halides is 1. The Morgan fingerprint density at radius 2 is 1.89 bits per heavy atom. The Balaban J connectivity index is 2.17. The Bertz CT molecular complexity index is 439. The van der Waals surface area contributed by atoms with E-state index in [1.165, 1.54) is 12.8 Å². The number of halogens is 1. The Morgan fingerprint density at radius 3 is 2.42 bits per heavy atom. The Hall–Kier alpha value is -0.830. The van der Waals surface area contributed by atoms with Gasteiger partial charge in [0, 0.05) is 10.7 Å². The second-order valence-corrected chi connectivity index (χ2v) is 6.61. The van der Waals surface area contributed by atoms with E-state index in [0.29, 0.717) is 5.33 Å². The summed E-state index contributed by atoms with van der Waals surface area (Å²) in [5.74, 6) is 0.191. The van der Waals surface area contributed by atoms with Gasteiger partial charge in [-0.05, 0) is 25.3 Å². The molecule has 1 N–H and O–H groups in total. The highest BCUT2D eigenvalue weighted by molar-refractivity contribution is 9.09. The summed E-state index contributed by atoms with van der Waals surface area (Å²) in [5, 5.41) is 3.97. The summed E-state index contributed by atoms with van der Waals surface area (Å²) in [6.07, 6.45) is 4.35. The summed E-state index contributed by atoms with van der Waals surface area (Å²) in [7, 11) is 0. The van der Waals surface area contributed by atoms with E-state index < -0.39 is 0 Å². The molecule has 1 aliphatic rings. The molecule has 19 heavy (non-hydrogen) atoms. The average Bonchev–Trinajstić information content (AvgIpc) is 2.88. The van der Waals surface area contributed by atoms with Crippen LogP contribution in [0, 0.1) is 5.41 Å². The molecule has 0 bridgehead atoms. The molecule has 0 saturated heterocycles. The van der Waals surface area contributed by atoms with Crippen LogP contribution >= 0.6 is 15.9 Å². The lowest BCUT2D eigenvalue weighted by atomic mass is 9.85. The van der Waals surface area contributed by atoms with E-state index in [1.54, 1.807) is 0 Å². The van der Waals surface area contributed by atoms with Gasteiger partial charge in [-0.25, -0.2) is 0 Å². The van der Waals surface area contributed by atoms with Crippen molar-refractivity contribution in [2.24, 2.45) is 5.41 Å². The third kappa shape index (κ3) is 3.02. The van der Waals surface area contributed by atoms with E-state index >= 15 is 0 Å². The van der Waals surface area contributed by atoms with Crippen LogP contribution in [0.15, 0.2) is 30.3 Å². The summed E-state index contributed by atoms with van der Waals surface area (Å²) in [6, 6.07) is 10.2. The van der Waals surface area contributed by atoms with Gasteiger partial charge in [0.1, 0.15) is 0 Å². The van der Waals surface area contributed by atoms with Crippen molar-refractivity contribution in [3.63, 3.8) is 0 Å². The van der Waals surface area contributed by atoms with E-state index in [9.17, 15) is 4.79 Å². The van der Waals surface area contributed by atoms with Crippen molar-refractivity contribution in [2.75, 3.05) is 5.33 Å². The van der Waals surface area contributed by atoms with Gasteiger partial charge in [-0.15, -0.1) is 0 Å². The van der Waals surface area contributed by atoms with Crippen molar-refractivity contribution >= 4 is 21.8 Å². The number of rotatable bonds is 4. The number of nitrogens with one attached hydrogen (secondary N) is 1. The second kappa shape index (κ2) is 5.66. The second-order valence-electron chi connectivity index (χ2n) is 6.05. The lowest BCUT2D eigenvalue weighted by molar-refractivity contribution is -0.131. The first kappa shape index (κ1) is 14.6. The van der Waals surface area contributed by atoms with Crippen LogP contribution in [-0.4, -0.2) is 11.2 Å². The molecule has 1 atom stereocenters. The Kier molecular flexibility index (Phi) is 4.34. The van der Waals surface area contributed by atoms with Crippen molar-refractivity contribution in [3.8, 4) is 0 Å². The molecule has 2 rings (SSSR count). The average molecular weight is 324 g/mol. The fourth-order valence-corrected chi connectivity index (χ4v) is 3.24. The maximum atomic E-state index is 12.6. The van der Waals surface area contributed by atoms with E-state index in [1.807, 2.05) is 18.2 Å². The standard InChI is InChI=1S/C16H22BrNO/c1-15(10-6-7-11-15)14(19)18-16(2,12-17)13-8-4-3-5-9-13/h3-5,8-9H,6-7,10-12H2,1-2H3,(H,18,19). The molecule has 0 heterocycles. The van der Waals surface area contributed by atoms with Gasteiger partial charge in [0.15, 0.2) is 0 Å².